The van der Waals surface area contributed by atoms with Gasteiger partial charge in [-0.25, -0.2) is 4.79 Å². The molecule has 2 unspecified atom stereocenters. The van der Waals surface area contributed by atoms with Gasteiger partial charge in [0.15, 0.2) is 6.10 Å². The van der Waals surface area contributed by atoms with E-state index in [0.29, 0.717) is 26.9 Å². The highest BCUT2D eigenvalue weighted by Gasteiger charge is 2.37. The minimum absolute atomic E-state index is 0.196. The average molecular weight is 528 g/mol. The Morgan fingerprint density at radius 3 is 2.39 bits per heavy atom. The summed E-state index contributed by atoms with van der Waals surface area (Å²) < 4.78 is 6.32. The van der Waals surface area contributed by atoms with Crippen LogP contribution in [0, 0.1) is 0 Å². The average Bonchev–Trinajstić information content (AvgIpc) is 2.97. The van der Waals surface area contributed by atoms with Gasteiger partial charge in [-0.1, -0.05) is 71.7 Å². The number of aliphatic carboxylic acids is 1. The number of halogens is 2. The molecule has 0 saturated heterocycles. The number of hydrogen-bond acceptors (Lipinski definition) is 4. The first kappa shape index (κ1) is 25.5. The van der Waals surface area contributed by atoms with Crippen molar-refractivity contribution >= 4 is 46.8 Å². The van der Waals surface area contributed by atoms with Gasteiger partial charge >= 0.3 is 12.0 Å². The summed E-state index contributed by atoms with van der Waals surface area (Å²) in [6, 6.07) is 21.1. The Hall–Kier alpha value is -3.59. The van der Waals surface area contributed by atoms with Crippen molar-refractivity contribution in [3.63, 3.8) is 0 Å². The Labute approximate surface area is 217 Å². The molecule has 3 N–H and O–H groups in total. The zero-order valence-electron chi connectivity index (χ0n) is 19.0. The zero-order chi connectivity index (χ0) is 25.7. The molecule has 36 heavy (non-hydrogen) atoms. The Bertz CT molecular complexity index is 1270. The van der Waals surface area contributed by atoms with Crippen molar-refractivity contribution in [2.45, 2.75) is 18.8 Å². The SMILES string of the molecule is O=C(O)CNC(=O)NCC1OC(c2ccccc2Cl)c2cc(Cl)ccc2N(Cc2ccccc2)C1=O. The molecule has 0 radical (unpaired) electrons. The maximum absolute atomic E-state index is 13.8. The van der Waals surface area contributed by atoms with E-state index in [2.05, 4.69) is 10.6 Å². The van der Waals surface area contributed by atoms with E-state index in [9.17, 15) is 14.4 Å². The lowest BCUT2D eigenvalue weighted by Crippen LogP contribution is -2.48. The van der Waals surface area contributed by atoms with E-state index in [-0.39, 0.29) is 19.0 Å². The van der Waals surface area contributed by atoms with Crippen LogP contribution < -0.4 is 15.5 Å². The number of carboxylic acids is 1. The predicted molar refractivity (Wildman–Crippen MR) is 136 cm³/mol. The van der Waals surface area contributed by atoms with Crippen LogP contribution in [0.1, 0.15) is 22.8 Å². The number of anilines is 1. The molecule has 0 aliphatic carbocycles. The Balaban J connectivity index is 1.74. The lowest BCUT2D eigenvalue weighted by Gasteiger charge is -2.25. The summed E-state index contributed by atoms with van der Waals surface area (Å²) in [5.41, 5.74) is 2.79. The second-order valence-electron chi connectivity index (χ2n) is 8.10. The number of nitrogens with zero attached hydrogens (tertiary/aromatic N) is 1. The summed E-state index contributed by atoms with van der Waals surface area (Å²) in [5, 5.41) is 14.4. The highest BCUT2D eigenvalue weighted by Crippen LogP contribution is 2.41. The molecule has 1 aliphatic heterocycles. The minimum Gasteiger partial charge on any atom is -0.480 e. The number of fused-ring (bicyclic) bond motifs is 1. The van der Waals surface area contributed by atoms with E-state index in [1.165, 1.54) is 0 Å². The molecule has 186 valence electrons. The largest absolute Gasteiger partial charge is 0.480 e. The van der Waals surface area contributed by atoms with Crippen molar-refractivity contribution in [3.05, 3.63) is 99.5 Å². The van der Waals surface area contributed by atoms with Crippen molar-refractivity contribution in [2.24, 2.45) is 0 Å². The van der Waals surface area contributed by atoms with Crippen LogP contribution in [0.2, 0.25) is 10.0 Å². The van der Waals surface area contributed by atoms with Gasteiger partial charge in [0.05, 0.1) is 18.8 Å². The van der Waals surface area contributed by atoms with Crippen LogP contribution in [0.15, 0.2) is 72.8 Å². The summed E-state index contributed by atoms with van der Waals surface area (Å²) in [7, 11) is 0. The molecule has 4 rings (SSSR count). The van der Waals surface area contributed by atoms with Gasteiger partial charge in [-0.15, -0.1) is 0 Å². The van der Waals surface area contributed by atoms with Gasteiger partial charge in [0.25, 0.3) is 5.91 Å². The van der Waals surface area contributed by atoms with Crippen LogP contribution in [0.5, 0.6) is 0 Å². The molecule has 3 aromatic carbocycles. The van der Waals surface area contributed by atoms with Crippen molar-refractivity contribution in [2.75, 3.05) is 18.0 Å². The predicted octanol–water partition coefficient (Wildman–Crippen LogP) is 4.40. The third-order valence-electron chi connectivity index (χ3n) is 5.62. The minimum atomic E-state index is -1.19. The molecule has 10 heteroatoms. The van der Waals surface area contributed by atoms with Gasteiger partial charge < -0.3 is 25.4 Å². The number of rotatable bonds is 7. The molecular formula is C26H23Cl2N3O5. The fourth-order valence-electron chi connectivity index (χ4n) is 3.97. The van der Waals surface area contributed by atoms with Crippen molar-refractivity contribution < 1.29 is 24.2 Å². The summed E-state index contributed by atoms with van der Waals surface area (Å²) >= 11 is 12.9. The van der Waals surface area contributed by atoms with Crippen LogP contribution in [-0.4, -0.2) is 42.2 Å². The van der Waals surface area contributed by atoms with Crippen LogP contribution in [0.4, 0.5) is 10.5 Å². The normalized spacial score (nSPS) is 17.2. The van der Waals surface area contributed by atoms with Gasteiger partial charge in [-0.3, -0.25) is 9.59 Å². The molecular weight excluding hydrogens is 505 g/mol. The Kier molecular flexibility index (Phi) is 8.10. The smallest absolute Gasteiger partial charge is 0.323 e. The molecule has 0 spiro atoms. The van der Waals surface area contributed by atoms with Crippen LogP contribution in [-0.2, 0) is 20.9 Å². The highest BCUT2D eigenvalue weighted by molar-refractivity contribution is 6.31. The number of carbonyl (C=O) groups excluding carboxylic acids is 2. The molecule has 3 aromatic rings. The van der Waals surface area contributed by atoms with Gasteiger partial charge in [-0.05, 0) is 29.8 Å². The molecule has 0 fully saturated rings. The second-order valence-corrected chi connectivity index (χ2v) is 8.94. The number of nitrogens with one attached hydrogen (secondary N) is 2. The quantitative estimate of drug-likeness (QED) is 0.422. The second kappa shape index (κ2) is 11.4. The third-order valence-corrected chi connectivity index (χ3v) is 6.20. The van der Waals surface area contributed by atoms with E-state index in [1.807, 2.05) is 36.4 Å². The first-order chi connectivity index (χ1) is 17.3. The number of hydrogen-bond donors (Lipinski definition) is 3. The maximum atomic E-state index is 13.8. The summed E-state index contributed by atoms with van der Waals surface area (Å²) in [6.45, 7) is -0.496. The number of amides is 3. The van der Waals surface area contributed by atoms with Gasteiger partial charge in [0.2, 0.25) is 0 Å². The van der Waals surface area contributed by atoms with E-state index in [4.69, 9.17) is 33.0 Å². The van der Waals surface area contributed by atoms with Gasteiger partial charge in [0.1, 0.15) is 12.6 Å². The topological polar surface area (TPSA) is 108 Å². The third kappa shape index (κ3) is 5.96. The first-order valence-electron chi connectivity index (χ1n) is 11.1. The monoisotopic (exact) mass is 527 g/mol. The summed E-state index contributed by atoms with van der Waals surface area (Å²) in [5.74, 6) is -1.57. The van der Waals surface area contributed by atoms with Gasteiger partial charge in [-0.2, -0.15) is 0 Å². The molecule has 8 nitrogen and oxygen atoms in total. The number of carbonyl (C=O) groups is 3. The van der Waals surface area contributed by atoms with Crippen molar-refractivity contribution in [1.29, 1.82) is 0 Å². The van der Waals surface area contributed by atoms with Crippen LogP contribution in [0.25, 0.3) is 0 Å². The van der Waals surface area contributed by atoms with Crippen molar-refractivity contribution in [1.82, 2.24) is 10.6 Å². The highest BCUT2D eigenvalue weighted by atomic mass is 35.5. The van der Waals surface area contributed by atoms with Gasteiger partial charge in [0, 0.05) is 21.2 Å². The van der Waals surface area contributed by atoms with Crippen LogP contribution in [0.3, 0.4) is 0 Å². The lowest BCUT2D eigenvalue weighted by molar-refractivity contribution is -0.136. The number of benzene rings is 3. The van der Waals surface area contributed by atoms with Crippen molar-refractivity contribution in [3.8, 4) is 0 Å². The number of urea groups is 1. The first-order valence-corrected chi connectivity index (χ1v) is 11.9. The maximum Gasteiger partial charge on any atom is 0.323 e. The fraction of sp³-hybridized carbons (Fsp3) is 0.192. The zero-order valence-corrected chi connectivity index (χ0v) is 20.5. The molecule has 1 aliphatic rings. The van der Waals surface area contributed by atoms with Crippen LogP contribution >= 0.6 is 23.2 Å². The molecule has 0 saturated carbocycles. The standard InChI is InChI=1S/C26H23Cl2N3O5/c27-17-10-11-21-19(12-17)24(18-8-4-5-9-20(18)28)36-22(13-29-26(35)30-14-23(32)33)25(34)31(21)15-16-6-2-1-3-7-16/h1-12,22,24H,13-15H2,(H,32,33)(H2,29,30,35). The number of carboxylic acid groups (broad SMARTS) is 1. The van der Waals surface area contributed by atoms with E-state index in [0.717, 1.165) is 5.56 Å². The number of ether oxygens (including phenoxy) is 1. The molecule has 1 heterocycles. The molecule has 2 atom stereocenters. The van der Waals surface area contributed by atoms with E-state index >= 15 is 0 Å². The molecule has 0 bridgehead atoms. The lowest BCUT2D eigenvalue weighted by atomic mass is 9.99. The van der Waals surface area contributed by atoms with E-state index < -0.39 is 30.8 Å². The summed E-state index contributed by atoms with van der Waals surface area (Å²) in [4.78, 5) is 38.3. The Morgan fingerprint density at radius 1 is 0.944 bits per heavy atom. The molecule has 0 aromatic heterocycles. The fourth-order valence-corrected chi connectivity index (χ4v) is 4.38. The summed E-state index contributed by atoms with van der Waals surface area (Å²) in [6.07, 6.45) is -1.86. The molecule has 3 amide bonds. The van der Waals surface area contributed by atoms with E-state index in [1.54, 1.807) is 41.3 Å². The Morgan fingerprint density at radius 2 is 1.67 bits per heavy atom.